The lowest BCUT2D eigenvalue weighted by molar-refractivity contribution is -0.130. The van der Waals surface area contributed by atoms with Crippen LogP contribution in [-0.4, -0.2) is 43.0 Å². The Balaban J connectivity index is 2.05. The van der Waals surface area contributed by atoms with Gasteiger partial charge in [-0.3, -0.25) is 9.59 Å². The molecule has 1 heterocycles. The van der Waals surface area contributed by atoms with E-state index in [9.17, 15) is 9.59 Å². The van der Waals surface area contributed by atoms with Gasteiger partial charge in [-0.15, -0.1) is 0 Å². The molecule has 0 radical (unpaired) electrons. The monoisotopic (exact) mass is 332 g/mol. The van der Waals surface area contributed by atoms with Crippen LogP contribution in [0.2, 0.25) is 0 Å². The molecule has 1 fully saturated rings. The number of nitrogens with one attached hydrogen (secondary N) is 1. The molecule has 0 aromatic heterocycles. The summed E-state index contributed by atoms with van der Waals surface area (Å²) in [6, 6.07) is 7.89. The molecular formula is C19H28N2O3. The minimum absolute atomic E-state index is 0.00676. The fourth-order valence-corrected chi connectivity index (χ4v) is 3.16. The van der Waals surface area contributed by atoms with Gasteiger partial charge in [0.15, 0.2) is 0 Å². The van der Waals surface area contributed by atoms with Crippen LogP contribution < -0.4 is 5.32 Å². The highest BCUT2D eigenvalue weighted by molar-refractivity contribution is 5.97. The second-order valence-electron chi connectivity index (χ2n) is 6.64. The van der Waals surface area contributed by atoms with E-state index in [1.165, 1.54) is 0 Å². The van der Waals surface area contributed by atoms with Crippen LogP contribution in [0.3, 0.4) is 0 Å². The van der Waals surface area contributed by atoms with Crippen molar-refractivity contribution in [1.82, 2.24) is 4.90 Å². The number of amides is 2. The fourth-order valence-electron chi connectivity index (χ4n) is 3.16. The van der Waals surface area contributed by atoms with Gasteiger partial charge in [0.05, 0.1) is 18.6 Å². The lowest BCUT2D eigenvalue weighted by atomic mass is 9.96. The Morgan fingerprint density at radius 3 is 2.75 bits per heavy atom. The lowest BCUT2D eigenvalue weighted by Gasteiger charge is -2.24. The van der Waals surface area contributed by atoms with E-state index in [4.69, 9.17) is 4.74 Å². The topological polar surface area (TPSA) is 58.6 Å². The predicted molar refractivity (Wildman–Crippen MR) is 94.9 cm³/mol. The summed E-state index contributed by atoms with van der Waals surface area (Å²) < 4.78 is 5.12. The second kappa shape index (κ2) is 8.29. The summed E-state index contributed by atoms with van der Waals surface area (Å²) >= 11 is 0. The quantitative estimate of drug-likeness (QED) is 0.835. The van der Waals surface area contributed by atoms with E-state index >= 15 is 0 Å². The van der Waals surface area contributed by atoms with Crippen molar-refractivity contribution in [2.24, 2.45) is 5.92 Å². The maximum absolute atomic E-state index is 12.6. The van der Waals surface area contributed by atoms with Crippen molar-refractivity contribution < 1.29 is 14.3 Å². The Labute approximate surface area is 144 Å². The number of nitrogens with zero attached hydrogens (tertiary/aromatic N) is 1. The molecule has 1 aliphatic rings. The molecule has 5 heteroatoms. The summed E-state index contributed by atoms with van der Waals surface area (Å²) in [6.07, 6.45) is 1.28. The summed E-state index contributed by atoms with van der Waals surface area (Å²) in [5.41, 5.74) is 2.00. The largest absolute Gasteiger partial charge is 0.383 e. The van der Waals surface area contributed by atoms with Crippen molar-refractivity contribution in [3.05, 3.63) is 29.8 Å². The van der Waals surface area contributed by atoms with Crippen molar-refractivity contribution >= 4 is 17.5 Å². The molecule has 0 unspecified atom stereocenters. The molecule has 2 rings (SSSR count). The molecule has 1 aliphatic heterocycles. The van der Waals surface area contributed by atoms with Crippen molar-refractivity contribution in [3.8, 4) is 0 Å². The minimum Gasteiger partial charge on any atom is -0.383 e. The molecule has 1 aromatic rings. The summed E-state index contributed by atoms with van der Waals surface area (Å²) in [7, 11) is 1.62. The van der Waals surface area contributed by atoms with Crippen LogP contribution in [0.1, 0.15) is 45.1 Å². The number of carbonyl (C=O) groups is 2. The van der Waals surface area contributed by atoms with E-state index < -0.39 is 0 Å². The van der Waals surface area contributed by atoms with Crippen LogP contribution in [0.15, 0.2) is 24.3 Å². The average Bonchev–Trinajstić information content (AvgIpc) is 2.97. The van der Waals surface area contributed by atoms with E-state index in [0.29, 0.717) is 19.1 Å². The Bertz CT molecular complexity index is 588. The van der Waals surface area contributed by atoms with Gasteiger partial charge in [0, 0.05) is 25.8 Å². The van der Waals surface area contributed by atoms with Crippen molar-refractivity contribution in [3.63, 3.8) is 0 Å². The summed E-state index contributed by atoms with van der Waals surface area (Å²) in [5.74, 6) is 0.0212. The number of rotatable bonds is 7. The second-order valence-corrected chi connectivity index (χ2v) is 6.64. The first kappa shape index (κ1) is 18.5. The van der Waals surface area contributed by atoms with Crippen LogP contribution >= 0.6 is 0 Å². The van der Waals surface area contributed by atoms with E-state index in [1.54, 1.807) is 12.0 Å². The number of likely N-dealkylation sites (tertiary alicyclic amines) is 1. The number of hydrogen-bond donors (Lipinski definition) is 1. The zero-order valence-corrected chi connectivity index (χ0v) is 15.0. The van der Waals surface area contributed by atoms with Crippen molar-refractivity contribution in [2.45, 2.75) is 45.6 Å². The summed E-state index contributed by atoms with van der Waals surface area (Å²) in [4.78, 5) is 26.5. The fraction of sp³-hybridized carbons (Fsp3) is 0.579. The molecule has 3 atom stereocenters. The highest BCUT2D eigenvalue weighted by Gasteiger charge is 2.36. The first-order valence-electron chi connectivity index (χ1n) is 8.66. The molecule has 0 aliphatic carbocycles. The van der Waals surface area contributed by atoms with Crippen molar-refractivity contribution in [1.29, 1.82) is 0 Å². The molecule has 5 nitrogen and oxygen atoms in total. The lowest BCUT2D eigenvalue weighted by Crippen LogP contribution is -2.38. The molecule has 1 saturated heterocycles. The number of anilines is 1. The molecule has 24 heavy (non-hydrogen) atoms. The summed E-state index contributed by atoms with van der Waals surface area (Å²) in [6.45, 7) is 7.17. The van der Waals surface area contributed by atoms with Crippen LogP contribution in [0, 0.1) is 5.92 Å². The van der Waals surface area contributed by atoms with E-state index in [-0.39, 0.29) is 30.2 Å². The standard InChI is InChI=1S/C19H28N2O3/c1-5-13(2)16-8-6-7-9-17(16)20-19(23)15-10-18(22)21(11-15)14(3)12-24-4/h6-9,13-15H,5,10-12H2,1-4H3,(H,20,23)/t13-,14-,15+/m0/s1. The van der Waals surface area contributed by atoms with Gasteiger partial charge in [0.2, 0.25) is 11.8 Å². The van der Waals surface area contributed by atoms with Gasteiger partial charge in [-0.1, -0.05) is 32.0 Å². The first-order valence-corrected chi connectivity index (χ1v) is 8.66. The number of carbonyl (C=O) groups excluding carboxylic acids is 2. The molecule has 1 N–H and O–H groups in total. The Hall–Kier alpha value is -1.88. The van der Waals surface area contributed by atoms with E-state index in [2.05, 4.69) is 25.2 Å². The summed E-state index contributed by atoms with van der Waals surface area (Å²) in [5, 5.41) is 3.03. The van der Waals surface area contributed by atoms with Crippen LogP contribution in [-0.2, 0) is 14.3 Å². The van der Waals surface area contributed by atoms with Gasteiger partial charge in [0.25, 0.3) is 0 Å². The first-order chi connectivity index (χ1) is 11.5. The third-order valence-electron chi connectivity index (χ3n) is 4.83. The smallest absolute Gasteiger partial charge is 0.229 e. The maximum Gasteiger partial charge on any atom is 0.229 e. The number of methoxy groups -OCH3 is 1. The Morgan fingerprint density at radius 1 is 1.38 bits per heavy atom. The third-order valence-corrected chi connectivity index (χ3v) is 4.83. The zero-order chi connectivity index (χ0) is 17.7. The normalized spacial score (nSPS) is 20.1. The van der Waals surface area contributed by atoms with Gasteiger partial charge in [-0.05, 0) is 30.9 Å². The molecule has 0 saturated carbocycles. The van der Waals surface area contributed by atoms with Crippen LogP contribution in [0.25, 0.3) is 0 Å². The minimum atomic E-state index is -0.304. The van der Waals surface area contributed by atoms with Gasteiger partial charge >= 0.3 is 0 Å². The Kier molecular flexibility index (Phi) is 6.37. The third kappa shape index (κ3) is 4.15. The number of hydrogen-bond acceptors (Lipinski definition) is 3. The molecular weight excluding hydrogens is 304 g/mol. The number of para-hydroxylation sites is 1. The average molecular weight is 332 g/mol. The van der Waals surface area contributed by atoms with Gasteiger partial charge < -0.3 is 15.0 Å². The van der Waals surface area contributed by atoms with Gasteiger partial charge in [0.1, 0.15) is 0 Å². The molecule has 132 valence electrons. The SMILES string of the molecule is CC[C@H](C)c1ccccc1NC(=O)[C@@H]1CC(=O)N([C@@H](C)COC)C1. The molecule has 1 aromatic carbocycles. The van der Waals surface area contributed by atoms with E-state index in [0.717, 1.165) is 17.7 Å². The van der Waals surface area contributed by atoms with Crippen LogP contribution in [0.5, 0.6) is 0 Å². The van der Waals surface area contributed by atoms with Gasteiger partial charge in [-0.2, -0.15) is 0 Å². The highest BCUT2D eigenvalue weighted by Crippen LogP contribution is 2.28. The Morgan fingerprint density at radius 2 is 2.08 bits per heavy atom. The molecule has 2 amide bonds. The van der Waals surface area contributed by atoms with Crippen LogP contribution in [0.4, 0.5) is 5.69 Å². The zero-order valence-electron chi connectivity index (χ0n) is 15.0. The highest BCUT2D eigenvalue weighted by atomic mass is 16.5. The number of ether oxygens (including phenoxy) is 1. The number of benzene rings is 1. The van der Waals surface area contributed by atoms with E-state index in [1.807, 2.05) is 25.1 Å². The van der Waals surface area contributed by atoms with Gasteiger partial charge in [-0.25, -0.2) is 0 Å². The molecule has 0 spiro atoms. The van der Waals surface area contributed by atoms with Crippen molar-refractivity contribution in [2.75, 3.05) is 25.6 Å². The maximum atomic E-state index is 12.6. The molecule has 0 bridgehead atoms. The predicted octanol–water partition coefficient (Wildman–Crippen LogP) is 3.02.